The maximum atomic E-state index is 12.2. The van der Waals surface area contributed by atoms with E-state index in [4.69, 9.17) is 4.74 Å². The SMILES string of the molecule is COc1ccc(-c2ncc(C(=O)NCc3cccnc3)s2)cn1. The van der Waals surface area contributed by atoms with Crippen LogP contribution < -0.4 is 10.1 Å². The van der Waals surface area contributed by atoms with Crippen LogP contribution in [0.1, 0.15) is 15.2 Å². The second-order valence-electron chi connectivity index (χ2n) is 4.66. The largest absolute Gasteiger partial charge is 0.481 e. The number of ether oxygens (including phenoxy) is 1. The number of thiazole rings is 1. The minimum Gasteiger partial charge on any atom is -0.481 e. The van der Waals surface area contributed by atoms with Gasteiger partial charge in [-0.3, -0.25) is 9.78 Å². The molecule has 0 aliphatic carbocycles. The molecule has 7 heteroatoms. The van der Waals surface area contributed by atoms with Gasteiger partial charge in [-0.2, -0.15) is 0 Å². The van der Waals surface area contributed by atoms with Crippen LogP contribution in [0.5, 0.6) is 5.88 Å². The fraction of sp³-hybridized carbons (Fsp3) is 0.125. The zero-order valence-electron chi connectivity index (χ0n) is 12.4. The van der Waals surface area contributed by atoms with Crippen LogP contribution in [0.3, 0.4) is 0 Å². The summed E-state index contributed by atoms with van der Waals surface area (Å²) in [6.45, 7) is 0.435. The molecule has 0 atom stereocenters. The standard InChI is InChI=1S/C16H14N4O2S/c1-22-14-5-4-12(9-18-14)16-20-10-13(23-16)15(21)19-8-11-3-2-6-17-7-11/h2-7,9-10H,8H2,1H3,(H,19,21). The van der Waals surface area contributed by atoms with E-state index in [0.29, 0.717) is 17.3 Å². The molecule has 0 spiro atoms. The zero-order valence-corrected chi connectivity index (χ0v) is 13.2. The second kappa shape index (κ2) is 6.97. The van der Waals surface area contributed by atoms with Gasteiger partial charge in [-0.15, -0.1) is 11.3 Å². The van der Waals surface area contributed by atoms with Gasteiger partial charge in [-0.1, -0.05) is 6.07 Å². The van der Waals surface area contributed by atoms with Gasteiger partial charge in [0.25, 0.3) is 5.91 Å². The Morgan fingerprint density at radius 3 is 2.83 bits per heavy atom. The molecule has 0 fully saturated rings. The van der Waals surface area contributed by atoms with E-state index in [-0.39, 0.29) is 5.91 Å². The average molecular weight is 326 g/mol. The van der Waals surface area contributed by atoms with Gasteiger partial charge in [-0.25, -0.2) is 9.97 Å². The van der Waals surface area contributed by atoms with Crippen LogP contribution in [0.2, 0.25) is 0 Å². The maximum absolute atomic E-state index is 12.2. The Balaban J connectivity index is 1.67. The molecule has 116 valence electrons. The molecule has 0 aromatic carbocycles. The quantitative estimate of drug-likeness (QED) is 0.779. The summed E-state index contributed by atoms with van der Waals surface area (Å²) in [7, 11) is 1.57. The van der Waals surface area contributed by atoms with Crippen molar-refractivity contribution in [3.8, 4) is 16.5 Å². The Labute approximate surface area is 137 Å². The number of hydrogen-bond acceptors (Lipinski definition) is 6. The molecule has 0 unspecified atom stereocenters. The van der Waals surface area contributed by atoms with Gasteiger partial charge in [0.15, 0.2) is 0 Å². The molecule has 3 aromatic heterocycles. The van der Waals surface area contributed by atoms with Crippen molar-refractivity contribution < 1.29 is 9.53 Å². The topological polar surface area (TPSA) is 77.0 Å². The zero-order chi connectivity index (χ0) is 16.1. The summed E-state index contributed by atoms with van der Waals surface area (Å²) in [5.41, 5.74) is 1.80. The Kier molecular flexibility index (Phi) is 4.58. The van der Waals surface area contributed by atoms with Gasteiger partial charge in [0, 0.05) is 36.8 Å². The Morgan fingerprint density at radius 2 is 2.13 bits per heavy atom. The first-order valence-electron chi connectivity index (χ1n) is 6.89. The number of aromatic nitrogens is 3. The van der Waals surface area contributed by atoms with E-state index in [1.54, 1.807) is 38.0 Å². The van der Waals surface area contributed by atoms with Gasteiger partial charge < -0.3 is 10.1 Å². The molecule has 0 saturated carbocycles. The van der Waals surface area contributed by atoms with Crippen LogP contribution in [0.25, 0.3) is 10.6 Å². The summed E-state index contributed by atoms with van der Waals surface area (Å²) in [4.78, 5) is 25.2. The molecular weight excluding hydrogens is 312 g/mol. The number of pyridine rings is 2. The lowest BCUT2D eigenvalue weighted by atomic mass is 10.3. The van der Waals surface area contributed by atoms with Crippen LogP contribution in [0, 0.1) is 0 Å². The van der Waals surface area contributed by atoms with Crippen molar-refractivity contribution in [1.82, 2.24) is 20.3 Å². The van der Waals surface area contributed by atoms with Crippen molar-refractivity contribution in [2.45, 2.75) is 6.54 Å². The van der Waals surface area contributed by atoms with Crippen LogP contribution in [0.4, 0.5) is 0 Å². The van der Waals surface area contributed by atoms with E-state index in [1.807, 2.05) is 18.2 Å². The summed E-state index contributed by atoms with van der Waals surface area (Å²) in [6, 6.07) is 7.37. The number of hydrogen-bond donors (Lipinski definition) is 1. The smallest absolute Gasteiger partial charge is 0.263 e. The van der Waals surface area contributed by atoms with E-state index < -0.39 is 0 Å². The number of amides is 1. The lowest BCUT2D eigenvalue weighted by Gasteiger charge is -2.02. The third-order valence-corrected chi connectivity index (χ3v) is 4.14. The number of methoxy groups -OCH3 is 1. The number of rotatable bonds is 5. The maximum Gasteiger partial charge on any atom is 0.263 e. The number of nitrogens with zero attached hydrogens (tertiary/aromatic N) is 3. The molecule has 0 aliphatic rings. The third kappa shape index (κ3) is 3.70. The van der Waals surface area contributed by atoms with Crippen molar-refractivity contribution in [2.24, 2.45) is 0 Å². The van der Waals surface area contributed by atoms with Crippen LogP contribution in [0.15, 0.2) is 49.1 Å². The first-order chi connectivity index (χ1) is 11.3. The lowest BCUT2D eigenvalue weighted by molar-refractivity contribution is 0.0954. The number of nitrogens with one attached hydrogen (secondary N) is 1. The predicted molar refractivity (Wildman–Crippen MR) is 87.3 cm³/mol. The van der Waals surface area contributed by atoms with Gasteiger partial charge in [0.2, 0.25) is 5.88 Å². The van der Waals surface area contributed by atoms with E-state index >= 15 is 0 Å². The summed E-state index contributed by atoms with van der Waals surface area (Å²) in [5, 5.41) is 3.60. The summed E-state index contributed by atoms with van der Waals surface area (Å²) in [5.74, 6) is 0.388. The highest BCUT2D eigenvalue weighted by atomic mass is 32.1. The molecule has 1 N–H and O–H groups in total. The fourth-order valence-corrected chi connectivity index (χ4v) is 2.73. The molecule has 23 heavy (non-hydrogen) atoms. The average Bonchev–Trinajstić information content (AvgIpc) is 3.11. The van der Waals surface area contributed by atoms with Crippen molar-refractivity contribution in [3.63, 3.8) is 0 Å². The third-order valence-electron chi connectivity index (χ3n) is 3.10. The van der Waals surface area contributed by atoms with Crippen LogP contribution >= 0.6 is 11.3 Å². The molecule has 0 bridgehead atoms. The van der Waals surface area contributed by atoms with Crippen molar-refractivity contribution >= 4 is 17.2 Å². The first-order valence-corrected chi connectivity index (χ1v) is 7.71. The molecule has 3 rings (SSSR count). The minimum atomic E-state index is -0.154. The molecule has 6 nitrogen and oxygen atoms in total. The highest BCUT2D eigenvalue weighted by Gasteiger charge is 2.12. The second-order valence-corrected chi connectivity index (χ2v) is 5.69. The van der Waals surface area contributed by atoms with E-state index in [0.717, 1.165) is 16.1 Å². The highest BCUT2D eigenvalue weighted by Crippen LogP contribution is 2.25. The van der Waals surface area contributed by atoms with Gasteiger partial charge in [0.1, 0.15) is 9.88 Å². The lowest BCUT2D eigenvalue weighted by Crippen LogP contribution is -2.21. The summed E-state index contributed by atoms with van der Waals surface area (Å²) < 4.78 is 5.03. The Hall–Kier alpha value is -2.80. The van der Waals surface area contributed by atoms with E-state index in [9.17, 15) is 4.79 Å². The molecule has 3 aromatic rings. The summed E-state index contributed by atoms with van der Waals surface area (Å²) in [6.07, 6.45) is 6.67. The van der Waals surface area contributed by atoms with Crippen molar-refractivity contribution in [3.05, 3.63) is 59.5 Å². The van der Waals surface area contributed by atoms with Crippen LogP contribution in [-0.4, -0.2) is 28.0 Å². The van der Waals surface area contributed by atoms with Gasteiger partial charge >= 0.3 is 0 Å². The number of carbonyl (C=O) groups is 1. The molecule has 0 radical (unpaired) electrons. The van der Waals surface area contributed by atoms with Gasteiger partial charge in [0.05, 0.1) is 13.3 Å². The molecule has 0 aliphatic heterocycles. The molecule has 3 heterocycles. The monoisotopic (exact) mass is 326 g/mol. The van der Waals surface area contributed by atoms with Crippen molar-refractivity contribution in [1.29, 1.82) is 0 Å². The van der Waals surface area contributed by atoms with Crippen LogP contribution in [-0.2, 0) is 6.54 Å². The van der Waals surface area contributed by atoms with Gasteiger partial charge in [-0.05, 0) is 17.7 Å². The first kappa shape index (κ1) is 15.1. The molecular formula is C16H14N4O2S. The molecule has 1 amide bonds. The van der Waals surface area contributed by atoms with Crippen molar-refractivity contribution in [2.75, 3.05) is 7.11 Å². The summed E-state index contributed by atoms with van der Waals surface area (Å²) >= 11 is 1.32. The predicted octanol–water partition coefficient (Wildman–Crippen LogP) is 2.54. The minimum absolute atomic E-state index is 0.154. The highest BCUT2D eigenvalue weighted by molar-refractivity contribution is 7.16. The fourth-order valence-electron chi connectivity index (χ4n) is 1.91. The normalized spacial score (nSPS) is 10.3. The Bertz CT molecular complexity index is 787. The Morgan fingerprint density at radius 1 is 1.22 bits per heavy atom. The van der Waals surface area contributed by atoms with E-state index in [2.05, 4.69) is 20.3 Å². The number of carbonyl (C=O) groups excluding carboxylic acids is 1. The van der Waals surface area contributed by atoms with E-state index in [1.165, 1.54) is 11.3 Å². The molecule has 0 saturated heterocycles.